The molecule has 556 valence electrons. The zero-order valence-electron chi connectivity index (χ0n) is 65.7. The van der Waals surface area contributed by atoms with Gasteiger partial charge >= 0.3 is 0 Å². The van der Waals surface area contributed by atoms with Crippen LogP contribution in [0.15, 0.2) is 425 Å². The van der Waals surface area contributed by atoms with E-state index in [9.17, 15) is 0 Å². The van der Waals surface area contributed by atoms with Crippen molar-refractivity contribution in [3.63, 3.8) is 0 Å². The number of hydrogen-bond acceptors (Lipinski definition) is 4. The highest BCUT2D eigenvalue weighted by Crippen LogP contribution is 2.53. The molecule has 0 saturated heterocycles. The molecular weight excluding hydrogens is 1440 g/mol. The fraction of sp³-hybridized carbons (Fsp3) is 0.0261. The third-order valence-electron chi connectivity index (χ3n) is 24.6. The quantitative estimate of drug-likeness (QED) is 0.121. The molecule has 0 saturated carbocycles. The normalized spacial score (nSPS) is 12.1. The molecule has 0 aliphatic heterocycles. The second-order valence-electron chi connectivity index (χ2n) is 31.7. The van der Waals surface area contributed by atoms with E-state index < -0.39 is 0 Å². The number of anilines is 6. The molecule has 2 aromatic heterocycles. The van der Waals surface area contributed by atoms with Gasteiger partial charge in [-0.15, -0.1) is 0 Å². The number of para-hydroxylation sites is 2. The van der Waals surface area contributed by atoms with E-state index in [0.717, 1.165) is 72.3 Å². The fourth-order valence-corrected chi connectivity index (χ4v) is 18.9. The molecule has 0 N–H and O–H groups in total. The van der Waals surface area contributed by atoms with Gasteiger partial charge in [0.25, 0.3) is 0 Å². The van der Waals surface area contributed by atoms with Gasteiger partial charge in [0, 0.05) is 56.7 Å². The molecule has 4 heteroatoms. The van der Waals surface area contributed by atoms with E-state index in [1.54, 1.807) is 0 Å². The van der Waals surface area contributed by atoms with Gasteiger partial charge < -0.3 is 9.80 Å². The summed E-state index contributed by atoms with van der Waals surface area (Å²) in [5, 5.41) is 22.9. The minimum absolute atomic E-state index is 0.121. The number of fused-ring (bicyclic) bond motifs is 8. The maximum absolute atomic E-state index is 4.67. The van der Waals surface area contributed by atoms with Crippen molar-refractivity contribution in [1.29, 1.82) is 0 Å². The van der Waals surface area contributed by atoms with Crippen LogP contribution in [0.1, 0.15) is 25.0 Å². The van der Waals surface area contributed by atoms with Crippen molar-refractivity contribution in [1.82, 2.24) is 9.97 Å². The topological polar surface area (TPSA) is 32.3 Å². The van der Waals surface area contributed by atoms with Crippen LogP contribution in [0.3, 0.4) is 0 Å². The van der Waals surface area contributed by atoms with Crippen LogP contribution >= 0.6 is 0 Å². The van der Waals surface area contributed by atoms with Gasteiger partial charge in [0.2, 0.25) is 0 Å². The fourth-order valence-electron chi connectivity index (χ4n) is 18.9. The molecule has 0 spiro atoms. The van der Waals surface area contributed by atoms with Gasteiger partial charge in [-0.1, -0.05) is 341 Å². The van der Waals surface area contributed by atoms with Gasteiger partial charge in [-0.3, -0.25) is 9.97 Å². The van der Waals surface area contributed by atoms with Crippen molar-refractivity contribution < 1.29 is 0 Å². The van der Waals surface area contributed by atoms with E-state index in [-0.39, 0.29) is 5.41 Å². The van der Waals surface area contributed by atoms with Crippen LogP contribution in [0.4, 0.5) is 34.1 Å². The summed E-state index contributed by atoms with van der Waals surface area (Å²) < 4.78 is 0. The van der Waals surface area contributed by atoms with E-state index in [0.29, 0.717) is 0 Å². The monoisotopic (exact) mass is 1510 g/mol. The summed E-state index contributed by atoms with van der Waals surface area (Å²) in [4.78, 5) is 14.0. The van der Waals surface area contributed by atoms with Gasteiger partial charge in [0.15, 0.2) is 0 Å². The summed E-state index contributed by atoms with van der Waals surface area (Å²) in [6.45, 7) is 4.80. The van der Waals surface area contributed by atoms with Crippen LogP contribution in [0, 0.1) is 12.1 Å². The average Bonchev–Trinajstić information content (AvgIpc) is 1.68. The van der Waals surface area contributed by atoms with Crippen LogP contribution in [0.2, 0.25) is 0 Å². The van der Waals surface area contributed by atoms with Gasteiger partial charge in [-0.2, -0.15) is 0 Å². The molecule has 23 aromatic rings. The SMILES string of the molecule is CC1(C)c2cc(-c3ccc4ccc5cccc6ccc3c4c56)ccc2-c2ccc(-c3ccc4ccc5cccc6ccc3c4c56)cc21.c1ccc(-c2ccnc3c2ccc2c(-c4ccccc4)ccnc23)cc1.c1ccc2cccc(N(c3ccccc3)c3ccc(-c4ccc(N(c5ccccc5)c5cccc6ccccc56)cc4)cc3)c2c#1. The Morgan fingerprint density at radius 2 is 0.588 bits per heavy atom. The van der Waals surface area contributed by atoms with Crippen LogP contribution in [-0.2, 0) is 5.41 Å². The Balaban J connectivity index is 0.000000112. The van der Waals surface area contributed by atoms with Crippen molar-refractivity contribution in [2.24, 2.45) is 0 Å². The number of benzene rings is 20. The zero-order valence-corrected chi connectivity index (χ0v) is 65.7. The Bertz CT molecular complexity index is 7290. The van der Waals surface area contributed by atoms with Gasteiger partial charge in [-0.25, -0.2) is 0 Å². The third kappa shape index (κ3) is 12.2. The van der Waals surface area contributed by atoms with Crippen molar-refractivity contribution >= 4 is 142 Å². The van der Waals surface area contributed by atoms with Crippen molar-refractivity contribution in [3.05, 3.63) is 448 Å². The van der Waals surface area contributed by atoms with E-state index >= 15 is 0 Å². The Morgan fingerprint density at radius 3 is 1.08 bits per heavy atom. The molecular formula is C115H76N4. The van der Waals surface area contributed by atoms with Gasteiger partial charge in [0.05, 0.1) is 27.8 Å². The molecule has 0 radical (unpaired) electrons. The van der Waals surface area contributed by atoms with Crippen LogP contribution in [0.5, 0.6) is 0 Å². The zero-order chi connectivity index (χ0) is 79.1. The summed E-state index contributed by atoms with van der Waals surface area (Å²) in [5.74, 6) is 0. The number of aromatic nitrogens is 2. The summed E-state index contributed by atoms with van der Waals surface area (Å²) in [7, 11) is 0. The van der Waals surface area contributed by atoms with Crippen molar-refractivity contribution in [2.75, 3.05) is 9.80 Å². The molecule has 0 bridgehead atoms. The Morgan fingerprint density at radius 1 is 0.235 bits per heavy atom. The predicted octanol–water partition coefficient (Wildman–Crippen LogP) is 31.4. The van der Waals surface area contributed by atoms with Crippen LogP contribution < -0.4 is 9.80 Å². The Labute approximate surface area is 691 Å². The van der Waals surface area contributed by atoms with Gasteiger partial charge in [-0.05, 0) is 250 Å². The van der Waals surface area contributed by atoms with Gasteiger partial charge in [0.1, 0.15) is 0 Å². The van der Waals surface area contributed by atoms with Crippen molar-refractivity contribution in [2.45, 2.75) is 19.3 Å². The molecule has 21 aromatic carbocycles. The number of pyridine rings is 2. The number of rotatable bonds is 11. The summed E-state index contributed by atoms with van der Waals surface area (Å²) >= 11 is 0. The second-order valence-corrected chi connectivity index (χ2v) is 31.7. The average molecular weight is 1510 g/mol. The minimum atomic E-state index is -0.121. The first-order valence-electron chi connectivity index (χ1n) is 40.9. The molecule has 2 heterocycles. The van der Waals surface area contributed by atoms with Crippen LogP contribution in [-0.4, -0.2) is 9.97 Å². The molecule has 0 fully saturated rings. The van der Waals surface area contributed by atoms with E-state index in [1.165, 1.54) is 148 Å². The highest BCUT2D eigenvalue weighted by Gasteiger charge is 2.36. The van der Waals surface area contributed by atoms with Crippen molar-refractivity contribution in [3.8, 4) is 66.8 Å². The molecule has 24 rings (SSSR count). The number of nitrogens with zero attached hydrogens (tertiary/aromatic N) is 4. The molecule has 1 aliphatic rings. The van der Waals surface area contributed by atoms with E-state index in [1.807, 2.05) is 30.6 Å². The minimum Gasteiger partial charge on any atom is -0.310 e. The maximum atomic E-state index is 4.67. The number of hydrogen-bond donors (Lipinski definition) is 0. The standard InChI is InChI=1S/C47H30.C44H30N2.C24H16N2/c1-47(2)41-25-33(35-19-13-31-11-9-27-5-3-7-29-15-23-39(35)45(31)43(27)29)17-21-37(41)38-22-18-34(26-42(38)47)36-20-14-32-12-10-28-6-4-8-30-16-24-40(36)46(32)44(28)30;1-3-17-37(18-4-1)45(43-23-11-15-35-13-7-9-21-41(35)43)39-29-25-33(26-30-39)34-27-31-40(32-28-34)46(38-19-5-2-6-20-38)44-24-12-16-36-14-8-10-22-42(36)44;1-3-7-17(8-4-1)19-13-15-25-23-21(19)11-12-22-20(14-16-26-24(22)23)18-9-5-2-6-10-18/h3-26H,1-2H3;1-9,11-21,23-32H;1-16H. The maximum Gasteiger partial charge on any atom is 0.0970 e. The lowest BCUT2D eigenvalue weighted by molar-refractivity contribution is 0.661. The molecule has 4 nitrogen and oxygen atoms in total. The second kappa shape index (κ2) is 29.1. The molecule has 0 unspecified atom stereocenters. The third-order valence-corrected chi connectivity index (χ3v) is 24.6. The first-order valence-corrected chi connectivity index (χ1v) is 40.9. The lowest BCUT2D eigenvalue weighted by atomic mass is 9.80. The molecule has 1 aliphatic carbocycles. The highest BCUT2D eigenvalue weighted by atomic mass is 15.1. The summed E-state index contributed by atoms with van der Waals surface area (Å²) in [5.41, 5.74) is 26.2. The summed E-state index contributed by atoms with van der Waals surface area (Å²) in [6, 6.07) is 155. The predicted molar refractivity (Wildman–Crippen MR) is 504 cm³/mol. The van der Waals surface area contributed by atoms with E-state index in [2.05, 4.69) is 440 Å². The first-order chi connectivity index (χ1) is 58.8. The smallest absolute Gasteiger partial charge is 0.0970 e. The Kier molecular flexibility index (Phi) is 17.1. The highest BCUT2D eigenvalue weighted by molar-refractivity contribution is 6.27. The molecule has 0 amide bonds. The molecule has 0 atom stereocenters. The van der Waals surface area contributed by atoms with E-state index in [4.69, 9.17) is 0 Å². The first kappa shape index (κ1) is 70.1. The lowest BCUT2D eigenvalue weighted by Crippen LogP contribution is -2.15. The molecule has 119 heavy (non-hydrogen) atoms. The lowest BCUT2D eigenvalue weighted by Gasteiger charge is -2.27. The Hall–Kier alpha value is -15.5. The largest absolute Gasteiger partial charge is 0.310 e. The summed E-state index contributed by atoms with van der Waals surface area (Å²) in [6.07, 6.45) is 3.75. The van der Waals surface area contributed by atoms with Crippen LogP contribution in [0.25, 0.3) is 175 Å².